The Morgan fingerprint density at radius 2 is 0.923 bits per heavy atom. The van der Waals surface area contributed by atoms with Crippen molar-refractivity contribution >= 4 is 0 Å². The molecule has 27 heteroatoms. The first-order valence-corrected chi connectivity index (χ1v) is 20.1. The molecule has 0 bridgehead atoms. The molecule has 0 saturated carbocycles. The Hall–Kier alpha value is -3.08. The molecule has 0 aromatic carbocycles. The number of aliphatic hydroxyl groups excluding tert-OH is 17. The maximum Gasteiger partial charge on any atom is 0.229 e. The second-order valence-electron chi connectivity index (χ2n) is 15.2. The molecule has 3 aliphatic rings. The summed E-state index contributed by atoms with van der Waals surface area (Å²) in [5.41, 5.74) is -0.556. The Bertz CT molecular complexity index is 1610. The maximum atomic E-state index is 11.7. The summed E-state index contributed by atoms with van der Waals surface area (Å²) >= 11 is 0. The molecule has 0 amide bonds. The van der Waals surface area contributed by atoms with Gasteiger partial charge >= 0.3 is 0 Å². The fourth-order valence-electron chi connectivity index (χ4n) is 6.60. The third-order valence-electron chi connectivity index (χ3n) is 10.5. The minimum atomic E-state index is -2.55. The van der Waals surface area contributed by atoms with Gasteiger partial charge in [0.1, 0.15) is 84.8 Å². The molecule has 0 aliphatic carbocycles. The lowest BCUT2D eigenvalue weighted by Gasteiger charge is -2.31. The van der Waals surface area contributed by atoms with Gasteiger partial charge in [0.05, 0.1) is 32.0 Å². The molecule has 17 N–H and O–H groups in total. The van der Waals surface area contributed by atoms with Gasteiger partial charge in [-0.25, -0.2) is 0 Å². The molecule has 3 aliphatic heterocycles. The summed E-state index contributed by atoms with van der Waals surface area (Å²) in [5, 5.41) is 178. The van der Waals surface area contributed by atoms with Crippen molar-refractivity contribution in [3.05, 3.63) is 46.2 Å². The van der Waals surface area contributed by atoms with E-state index >= 15 is 0 Å². The molecule has 3 saturated heterocycles. The van der Waals surface area contributed by atoms with Crippen LogP contribution in [0.4, 0.5) is 0 Å². The molecule has 20 atom stereocenters. The van der Waals surface area contributed by atoms with Crippen LogP contribution in [0.15, 0.2) is 46.2 Å². The fourth-order valence-corrected chi connectivity index (χ4v) is 6.60. The quantitative estimate of drug-likeness (QED) is 0.0300. The number of rotatable bonds is 25. The standard InChI is InChI=1S/C38H64O27/c1-12(56-5)7-17(42)34(53)59-14(3)31(64-37-28(49)25(46)20(10-40)62-37)16(8-18-23(44)24(45)19(9-39)61-18)33(52)58-13(2)22(43)27(48)36(55)60-15(4)32(30(51)35(54)57-6)65-38-29(50)26(47)21(11-41)63-38/h7,12-15,18-21,23-26,28-29,33-55H,8-11H2,1-6H3/b17-7+,27-22-,31-16-,32-30+/t12-,13-,14-,15-,18+,19+,20+,21+,23?,24?,25?,26?,28?,29?,33+,34+,35+,36+,37+,38+/m1/s1. The molecule has 27 nitrogen and oxygen atoms in total. The number of hydrogen-bond donors (Lipinski definition) is 17. The van der Waals surface area contributed by atoms with E-state index in [0.717, 1.165) is 27.0 Å². The SMILES string of the molecule is CO[C@H](C)/C=C(/O)[C@@H](O)O[C@H](C)/C(O[C@@H]1O[C@@H](CO)C(O)C1O)=C(\C[C@@H]1O[C@@H](CO)C(O)C1O)[C@@H](O)O[C@H](C)/C(O)=C(/O)[C@@H](O)O[C@H](C)/C(O[C@@H]1O[C@@H](CO)C(O)C1O)=C(\O)[C@@H](O)OC. The number of hydrogen-bond acceptors (Lipinski definition) is 27. The molecular weight excluding hydrogens is 888 g/mol. The van der Waals surface area contributed by atoms with Crippen molar-refractivity contribution in [1.29, 1.82) is 0 Å². The first-order valence-electron chi connectivity index (χ1n) is 20.1. The van der Waals surface area contributed by atoms with E-state index < -0.39 is 190 Å². The summed E-state index contributed by atoms with van der Waals surface area (Å²) < 4.78 is 53.6. The van der Waals surface area contributed by atoms with E-state index in [1.165, 1.54) is 21.0 Å². The van der Waals surface area contributed by atoms with Gasteiger partial charge in [-0.2, -0.15) is 0 Å². The average Bonchev–Trinajstić information content (AvgIpc) is 3.83. The zero-order valence-electron chi connectivity index (χ0n) is 36.1. The van der Waals surface area contributed by atoms with E-state index in [1.54, 1.807) is 0 Å². The number of ether oxygens (including phenoxy) is 10. The van der Waals surface area contributed by atoms with Gasteiger partial charge < -0.3 is 134 Å². The van der Waals surface area contributed by atoms with Crippen molar-refractivity contribution in [3.63, 3.8) is 0 Å². The van der Waals surface area contributed by atoms with Gasteiger partial charge in [0, 0.05) is 26.2 Å². The van der Waals surface area contributed by atoms with E-state index in [1.807, 2.05) is 0 Å². The van der Waals surface area contributed by atoms with Crippen LogP contribution in [0.25, 0.3) is 0 Å². The molecule has 3 heterocycles. The second kappa shape index (κ2) is 25.3. The van der Waals surface area contributed by atoms with Crippen molar-refractivity contribution in [1.82, 2.24) is 0 Å². The smallest absolute Gasteiger partial charge is 0.229 e. The molecule has 3 fully saturated rings. The van der Waals surface area contributed by atoms with Crippen molar-refractivity contribution in [2.24, 2.45) is 0 Å². The maximum absolute atomic E-state index is 11.7. The van der Waals surface area contributed by atoms with Crippen LogP contribution in [0.5, 0.6) is 0 Å². The first-order chi connectivity index (χ1) is 30.5. The topological polar surface area (TPSA) is 436 Å². The summed E-state index contributed by atoms with van der Waals surface area (Å²) in [5.74, 6) is -5.98. The van der Waals surface area contributed by atoms with Crippen LogP contribution in [0.1, 0.15) is 34.1 Å². The molecule has 0 aromatic heterocycles. The molecule has 0 radical (unpaired) electrons. The van der Waals surface area contributed by atoms with Crippen LogP contribution in [0.3, 0.4) is 0 Å². The second-order valence-corrected chi connectivity index (χ2v) is 15.2. The van der Waals surface area contributed by atoms with Gasteiger partial charge in [-0.15, -0.1) is 0 Å². The molecule has 3 rings (SSSR count). The highest BCUT2D eigenvalue weighted by atomic mass is 16.7. The van der Waals surface area contributed by atoms with E-state index in [-0.39, 0.29) is 0 Å². The summed E-state index contributed by atoms with van der Waals surface area (Å²) in [6, 6.07) is 0. The van der Waals surface area contributed by atoms with Crippen LogP contribution >= 0.6 is 0 Å². The lowest BCUT2D eigenvalue weighted by atomic mass is 9.98. The average molecular weight is 953 g/mol. The third-order valence-corrected chi connectivity index (χ3v) is 10.5. The van der Waals surface area contributed by atoms with Gasteiger partial charge in [-0.05, 0) is 33.8 Å². The summed E-state index contributed by atoms with van der Waals surface area (Å²) in [6.07, 6.45) is -34.7. The highest BCUT2D eigenvalue weighted by Crippen LogP contribution is 2.35. The van der Waals surface area contributed by atoms with Crippen LogP contribution in [-0.2, 0) is 47.4 Å². The summed E-state index contributed by atoms with van der Waals surface area (Å²) in [4.78, 5) is 0. The van der Waals surface area contributed by atoms with Gasteiger partial charge in [0.2, 0.25) is 31.5 Å². The van der Waals surface area contributed by atoms with Crippen molar-refractivity contribution in [2.75, 3.05) is 34.0 Å². The van der Waals surface area contributed by atoms with Crippen molar-refractivity contribution in [3.8, 4) is 0 Å². The highest BCUT2D eigenvalue weighted by Gasteiger charge is 2.48. The Morgan fingerprint density at radius 1 is 0.492 bits per heavy atom. The van der Waals surface area contributed by atoms with Gasteiger partial charge in [-0.1, -0.05) is 0 Å². The van der Waals surface area contributed by atoms with Gasteiger partial charge in [0.25, 0.3) is 0 Å². The predicted molar refractivity (Wildman–Crippen MR) is 209 cm³/mol. The van der Waals surface area contributed by atoms with E-state index in [9.17, 15) is 86.8 Å². The number of aliphatic hydroxyl groups is 17. The minimum absolute atomic E-state index is 0.556. The zero-order chi connectivity index (χ0) is 49.2. The van der Waals surface area contributed by atoms with Gasteiger partial charge in [0.15, 0.2) is 29.3 Å². The largest absolute Gasteiger partial charge is 0.507 e. The van der Waals surface area contributed by atoms with Crippen LogP contribution < -0.4 is 0 Å². The summed E-state index contributed by atoms with van der Waals surface area (Å²) in [7, 11) is 2.27. The van der Waals surface area contributed by atoms with E-state index in [2.05, 4.69) is 4.74 Å². The van der Waals surface area contributed by atoms with Crippen LogP contribution in [0, 0.1) is 0 Å². The molecule has 378 valence electrons. The normalized spacial score (nSPS) is 34.7. The molecule has 6 unspecified atom stereocenters. The zero-order valence-corrected chi connectivity index (χ0v) is 36.1. The Balaban J connectivity index is 2.04. The van der Waals surface area contributed by atoms with Gasteiger partial charge in [-0.3, -0.25) is 0 Å². The van der Waals surface area contributed by atoms with Crippen LogP contribution in [0.2, 0.25) is 0 Å². The molecule has 65 heavy (non-hydrogen) atoms. The van der Waals surface area contributed by atoms with Crippen LogP contribution in [-0.4, -0.2) is 244 Å². The van der Waals surface area contributed by atoms with E-state index in [0.29, 0.717) is 0 Å². The lowest BCUT2D eigenvalue weighted by molar-refractivity contribution is -0.183. The third kappa shape index (κ3) is 14.0. The van der Waals surface area contributed by atoms with E-state index in [4.69, 9.17) is 42.6 Å². The lowest BCUT2D eigenvalue weighted by Crippen LogP contribution is -2.38. The van der Waals surface area contributed by atoms with Crippen molar-refractivity contribution < 1.29 is 134 Å². The molecule has 0 aromatic rings. The highest BCUT2D eigenvalue weighted by molar-refractivity contribution is 5.19. The molecular formula is C38H64O27. The molecule has 0 spiro atoms. The van der Waals surface area contributed by atoms with Crippen molar-refractivity contribution in [2.45, 2.75) is 157 Å². The Morgan fingerprint density at radius 3 is 1.38 bits per heavy atom. The monoisotopic (exact) mass is 952 g/mol. The minimum Gasteiger partial charge on any atom is -0.507 e. The summed E-state index contributed by atoms with van der Waals surface area (Å²) in [6.45, 7) is 2.41. The number of methoxy groups -OCH3 is 2. The fraction of sp³-hybridized carbons (Fsp3) is 0.789. The Labute approximate surface area is 371 Å². The first kappa shape index (κ1) is 56.2. The Kier molecular flexibility index (Phi) is 21.9. The predicted octanol–water partition coefficient (Wildman–Crippen LogP) is -5.27.